The van der Waals surface area contributed by atoms with Crippen LogP contribution in [0.25, 0.3) is 0 Å². The van der Waals surface area contributed by atoms with Gasteiger partial charge >= 0.3 is 6.18 Å². The molecule has 0 radical (unpaired) electrons. The van der Waals surface area contributed by atoms with E-state index in [9.17, 15) is 39.6 Å². The van der Waals surface area contributed by atoms with Gasteiger partial charge in [-0.2, -0.15) is 13.2 Å². The van der Waals surface area contributed by atoms with E-state index in [4.69, 9.17) is 5.73 Å². The van der Waals surface area contributed by atoms with Crippen molar-refractivity contribution < 1.29 is 39.6 Å². The minimum absolute atomic E-state index is 0.101. The molecular weight excluding hydrogens is 440 g/mol. The molecule has 0 aliphatic carbocycles. The molecule has 1 saturated heterocycles. The van der Waals surface area contributed by atoms with Gasteiger partial charge in [-0.15, -0.1) is 0 Å². The molecule has 1 atom stereocenters. The number of carbonyl (C=O) groups is 1. The van der Waals surface area contributed by atoms with Crippen LogP contribution in [-0.4, -0.2) is 56.3 Å². The molecule has 0 bridgehead atoms. The fourth-order valence-corrected chi connectivity index (χ4v) is 4.44. The van der Waals surface area contributed by atoms with Crippen molar-refractivity contribution in [1.29, 1.82) is 0 Å². The van der Waals surface area contributed by atoms with Gasteiger partial charge in [0, 0.05) is 37.7 Å². The number of halogens is 6. The Hall–Kier alpha value is -1.86. The van der Waals surface area contributed by atoms with Crippen LogP contribution in [0.5, 0.6) is 0 Å². The summed E-state index contributed by atoms with van der Waals surface area (Å²) in [6, 6.07) is -0.539. The predicted molar refractivity (Wildman–Crippen MR) is 95.2 cm³/mol. The molecule has 1 unspecified atom stereocenters. The van der Waals surface area contributed by atoms with E-state index < -0.39 is 57.4 Å². The highest BCUT2D eigenvalue weighted by molar-refractivity contribution is 7.89. The Bertz CT molecular complexity index is 870. The number of nitrogens with one attached hydrogen (secondary N) is 1. The van der Waals surface area contributed by atoms with Crippen molar-refractivity contribution in [1.82, 2.24) is 9.62 Å². The van der Waals surface area contributed by atoms with Crippen LogP contribution in [0, 0.1) is 17.5 Å². The summed E-state index contributed by atoms with van der Waals surface area (Å²) < 4.78 is 102. The third-order valence-corrected chi connectivity index (χ3v) is 5.96. The van der Waals surface area contributed by atoms with Gasteiger partial charge in [0.15, 0.2) is 17.4 Å². The maximum atomic E-state index is 13.7. The average Bonchev–Trinajstić information content (AvgIpc) is 2.57. The third kappa shape index (κ3) is 7.43. The van der Waals surface area contributed by atoms with Crippen LogP contribution in [-0.2, 0) is 21.2 Å². The first-order valence-electron chi connectivity index (χ1n) is 8.99. The van der Waals surface area contributed by atoms with Gasteiger partial charge in [-0.05, 0) is 30.9 Å². The Morgan fingerprint density at radius 1 is 1.13 bits per heavy atom. The number of hydrogen-bond acceptors (Lipinski definition) is 4. The number of likely N-dealkylation sites (tertiary alicyclic amines) is 1. The third-order valence-electron chi connectivity index (χ3n) is 4.56. The minimum Gasteiger partial charge on any atom is -0.343 e. The smallest absolute Gasteiger partial charge is 0.343 e. The predicted octanol–water partition coefficient (Wildman–Crippen LogP) is 1.84. The summed E-state index contributed by atoms with van der Waals surface area (Å²) in [5.74, 6) is -5.95. The molecule has 1 amide bonds. The Morgan fingerprint density at radius 2 is 1.70 bits per heavy atom. The molecule has 0 saturated carbocycles. The molecule has 6 nitrogen and oxygen atoms in total. The number of benzene rings is 1. The lowest BCUT2D eigenvalue weighted by atomic mass is 10.0. The molecule has 0 aromatic heterocycles. The summed E-state index contributed by atoms with van der Waals surface area (Å²) in [6.07, 6.45) is -5.04. The van der Waals surface area contributed by atoms with Gasteiger partial charge in [0.05, 0.1) is 0 Å². The number of piperidine rings is 1. The lowest BCUT2D eigenvalue weighted by molar-refractivity contribution is -0.132. The van der Waals surface area contributed by atoms with Crippen molar-refractivity contribution in [2.24, 2.45) is 5.73 Å². The topological polar surface area (TPSA) is 92.5 Å². The summed E-state index contributed by atoms with van der Waals surface area (Å²) in [4.78, 5) is 13.7. The number of amides is 1. The van der Waals surface area contributed by atoms with Gasteiger partial charge in [-0.25, -0.2) is 26.3 Å². The van der Waals surface area contributed by atoms with Crippen LogP contribution in [0.2, 0.25) is 0 Å². The first kappa shape index (κ1) is 24.4. The summed E-state index contributed by atoms with van der Waals surface area (Å²) >= 11 is 0. The van der Waals surface area contributed by atoms with Gasteiger partial charge in [0.25, 0.3) is 0 Å². The molecule has 1 fully saturated rings. The second-order valence-corrected chi connectivity index (χ2v) is 8.93. The van der Waals surface area contributed by atoms with Crippen molar-refractivity contribution in [3.05, 3.63) is 35.1 Å². The van der Waals surface area contributed by atoms with Crippen LogP contribution in [0.15, 0.2) is 12.1 Å². The van der Waals surface area contributed by atoms with Crippen LogP contribution in [0.1, 0.15) is 24.8 Å². The average molecular weight is 461 g/mol. The molecule has 0 spiro atoms. The highest BCUT2D eigenvalue weighted by Gasteiger charge is 2.36. The Morgan fingerprint density at radius 3 is 2.27 bits per heavy atom. The van der Waals surface area contributed by atoms with E-state index in [0.717, 1.165) is 0 Å². The van der Waals surface area contributed by atoms with Gasteiger partial charge in [-0.1, -0.05) is 0 Å². The number of nitrogens with two attached hydrogens (primary N) is 1. The fraction of sp³-hybridized carbons (Fsp3) is 0.588. The molecule has 1 aromatic carbocycles. The monoisotopic (exact) mass is 461 g/mol. The molecule has 13 heteroatoms. The second kappa shape index (κ2) is 9.52. The van der Waals surface area contributed by atoms with Crippen molar-refractivity contribution in [2.75, 3.05) is 18.8 Å². The van der Waals surface area contributed by atoms with Gasteiger partial charge < -0.3 is 10.6 Å². The minimum atomic E-state index is -4.86. The molecule has 170 valence electrons. The molecule has 2 rings (SSSR count). The molecule has 1 aromatic rings. The Labute approximate surface area is 169 Å². The van der Waals surface area contributed by atoms with Crippen LogP contribution in [0.3, 0.4) is 0 Å². The van der Waals surface area contributed by atoms with Crippen LogP contribution >= 0.6 is 0 Å². The van der Waals surface area contributed by atoms with Crippen molar-refractivity contribution in [3.63, 3.8) is 0 Å². The second-order valence-electron chi connectivity index (χ2n) is 7.17. The molecule has 1 aliphatic rings. The first-order chi connectivity index (χ1) is 13.8. The number of rotatable bonds is 7. The summed E-state index contributed by atoms with van der Waals surface area (Å²) in [7, 11) is -4.53. The number of alkyl halides is 3. The first-order valence-corrected chi connectivity index (χ1v) is 10.6. The van der Waals surface area contributed by atoms with Gasteiger partial charge in [0.1, 0.15) is 5.82 Å². The Kier molecular flexibility index (Phi) is 7.74. The maximum absolute atomic E-state index is 13.7. The zero-order valence-corrected chi connectivity index (χ0v) is 16.5. The number of carbonyl (C=O) groups excluding carboxylic acids is 1. The van der Waals surface area contributed by atoms with E-state index >= 15 is 0 Å². The normalized spacial score (nSPS) is 17.2. The van der Waals surface area contributed by atoms with Gasteiger partial charge in [0.2, 0.25) is 15.9 Å². The van der Waals surface area contributed by atoms with Crippen LogP contribution < -0.4 is 10.5 Å². The lowest BCUT2D eigenvalue weighted by Crippen LogP contribution is -2.48. The summed E-state index contributed by atoms with van der Waals surface area (Å²) in [6.45, 7) is 0.203. The SMILES string of the molecule is NC(CC(=O)N1CCC(NS(=O)(=O)CC(F)(F)F)CC1)Cc1cc(F)c(F)cc1F. The van der Waals surface area contributed by atoms with Crippen molar-refractivity contribution in [2.45, 2.75) is 43.9 Å². The largest absolute Gasteiger partial charge is 0.404 e. The maximum Gasteiger partial charge on any atom is 0.404 e. The number of nitrogens with zero attached hydrogens (tertiary/aromatic N) is 1. The standard InChI is InChI=1S/C17H21F6N3O3S/c18-13-8-15(20)14(19)6-10(13)5-11(24)7-16(27)26-3-1-12(2-4-26)25-30(28,29)9-17(21,22)23/h6,8,11-12,25H,1-5,7,9,24H2. The van der Waals surface area contributed by atoms with E-state index in [1.807, 2.05) is 4.72 Å². The lowest BCUT2D eigenvalue weighted by Gasteiger charge is -2.33. The van der Waals surface area contributed by atoms with E-state index in [1.54, 1.807) is 0 Å². The molecule has 1 aliphatic heterocycles. The highest BCUT2D eigenvalue weighted by Crippen LogP contribution is 2.20. The van der Waals surface area contributed by atoms with Crippen molar-refractivity contribution in [3.8, 4) is 0 Å². The van der Waals surface area contributed by atoms with E-state index in [0.29, 0.717) is 12.1 Å². The quantitative estimate of drug-likeness (QED) is 0.479. The molecule has 1 heterocycles. The zero-order valence-electron chi connectivity index (χ0n) is 15.7. The van der Waals surface area contributed by atoms with Gasteiger partial charge in [-0.3, -0.25) is 4.79 Å². The molecule has 3 N–H and O–H groups in total. The van der Waals surface area contributed by atoms with E-state index in [-0.39, 0.29) is 44.3 Å². The fourth-order valence-electron chi connectivity index (χ4n) is 3.19. The van der Waals surface area contributed by atoms with E-state index in [2.05, 4.69) is 0 Å². The number of hydrogen-bond donors (Lipinski definition) is 2. The molecular formula is C17H21F6N3O3S. The Balaban J connectivity index is 1.83. The van der Waals surface area contributed by atoms with Crippen LogP contribution in [0.4, 0.5) is 26.3 Å². The molecule has 30 heavy (non-hydrogen) atoms. The summed E-state index contributed by atoms with van der Waals surface area (Å²) in [5, 5.41) is 0. The van der Waals surface area contributed by atoms with E-state index in [1.165, 1.54) is 4.90 Å². The summed E-state index contributed by atoms with van der Waals surface area (Å²) in [5.41, 5.74) is 5.64. The van der Waals surface area contributed by atoms with Crippen molar-refractivity contribution >= 4 is 15.9 Å². The number of sulfonamides is 1. The zero-order chi connectivity index (χ0) is 22.7. The highest BCUT2D eigenvalue weighted by atomic mass is 32.2.